The summed E-state index contributed by atoms with van der Waals surface area (Å²) in [5.74, 6) is 0.604. The van der Waals surface area contributed by atoms with Crippen molar-refractivity contribution in [2.45, 2.75) is 45.2 Å². The van der Waals surface area contributed by atoms with Crippen molar-refractivity contribution in [1.29, 1.82) is 0 Å². The molecule has 12 heteroatoms. The van der Waals surface area contributed by atoms with E-state index in [-0.39, 0.29) is 23.6 Å². The molecule has 0 aliphatic carbocycles. The summed E-state index contributed by atoms with van der Waals surface area (Å²) >= 11 is 0. The number of imide groups is 1. The molecule has 0 saturated carbocycles. The van der Waals surface area contributed by atoms with Crippen molar-refractivity contribution in [2.75, 3.05) is 45.6 Å². The summed E-state index contributed by atoms with van der Waals surface area (Å²) in [6.45, 7) is 6.28. The summed E-state index contributed by atoms with van der Waals surface area (Å²) in [5, 5.41) is 10.9. The number of nitrogens with two attached hydrogens (primary N) is 1. The third-order valence-electron chi connectivity index (χ3n) is 7.27. The quantitative estimate of drug-likeness (QED) is 0.213. The Morgan fingerprint density at radius 3 is 2.77 bits per heavy atom. The molecule has 1 saturated heterocycles. The number of rotatable bonds is 13. The van der Waals surface area contributed by atoms with Gasteiger partial charge in [0.15, 0.2) is 11.3 Å². The van der Waals surface area contributed by atoms with Gasteiger partial charge in [-0.25, -0.2) is 0 Å². The third kappa shape index (κ3) is 6.23. The number of anilines is 1. The molecule has 1 aromatic carbocycles. The van der Waals surface area contributed by atoms with Crippen molar-refractivity contribution < 1.29 is 19.1 Å². The van der Waals surface area contributed by atoms with Gasteiger partial charge in [0.05, 0.1) is 19.4 Å². The number of methoxy groups -OCH3 is 1. The number of hydrogen-bond acceptors (Lipinski definition) is 10. The molecule has 2 aromatic heterocycles. The Morgan fingerprint density at radius 2 is 2.00 bits per heavy atom. The van der Waals surface area contributed by atoms with Crippen molar-refractivity contribution in [3.05, 3.63) is 47.2 Å². The molecular formula is C28H36N8O4. The minimum atomic E-state index is -0.239. The Bertz CT molecular complexity index is 1390. The molecule has 0 spiro atoms. The van der Waals surface area contributed by atoms with E-state index in [0.29, 0.717) is 43.2 Å². The lowest BCUT2D eigenvalue weighted by molar-refractivity contribution is -0.136. The minimum Gasteiger partial charge on any atom is -0.496 e. The minimum absolute atomic E-state index is 0.239. The van der Waals surface area contributed by atoms with Gasteiger partial charge in [-0.3, -0.25) is 24.5 Å². The number of benzene rings is 1. The van der Waals surface area contributed by atoms with E-state index in [2.05, 4.69) is 55.5 Å². The second-order valence-corrected chi connectivity index (χ2v) is 10.2. The Hall–Kier alpha value is -4.03. The highest BCUT2D eigenvalue weighted by atomic mass is 16.5. The van der Waals surface area contributed by atoms with Crippen LogP contribution in [-0.2, 0) is 22.6 Å². The van der Waals surface area contributed by atoms with Crippen LogP contribution in [0.25, 0.3) is 11.0 Å². The largest absolute Gasteiger partial charge is 0.496 e. The number of nitrogens with zero attached hydrogens (tertiary/aromatic N) is 5. The first-order valence-electron chi connectivity index (χ1n) is 13.7. The Morgan fingerprint density at radius 1 is 1.18 bits per heavy atom. The number of aromatic amines is 1. The van der Waals surface area contributed by atoms with Gasteiger partial charge in [-0.1, -0.05) is 25.5 Å². The standard InChI is InChI=1S/C28H36N8O4/c1-3-4-13-40-28-31-25-21(33-34-26(25)27(29)32-28)15-19-6-5-18(14-22(19)39-2)16-35-11-9-20(17-35)30-10-12-36-23(37)7-8-24(36)38/h5-8,14,20,30H,3-4,9-13,15-17H2,1-2H3,(H,33,34)(H2,29,31,32)/t20-/m0/s1. The Balaban J connectivity index is 1.18. The summed E-state index contributed by atoms with van der Waals surface area (Å²) < 4.78 is 11.4. The molecule has 212 valence electrons. The first-order valence-corrected chi connectivity index (χ1v) is 13.7. The third-order valence-corrected chi connectivity index (χ3v) is 7.27. The normalized spacial score (nSPS) is 17.4. The van der Waals surface area contributed by atoms with E-state index >= 15 is 0 Å². The highest BCUT2D eigenvalue weighted by Gasteiger charge is 2.25. The van der Waals surface area contributed by atoms with Crippen LogP contribution in [0.3, 0.4) is 0 Å². The molecule has 0 unspecified atom stereocenters. The molecule has 12 nitrogen and oxygen atoms in total. The number of aromatic nitrogens is 4. The monoisotopic (exact) mass is 548 g/mol. The summed E-state index contributed by atoms with van der Waals surface area (Å²) in [6.07, 6.45) is 6.12. The molecular weight excluding hydrogens is 512 g/mol. The number of unbranched alkanes of at least 4 members (excludes halogenated alkanes) is 1. The van der Waals surface area contributed by atoms with Crippen LogP contribution in [0, 0.1) is 0 Å². The van der Waals surface area contributed by atoms with E-state index in [4.69, 9.17) is 15.2 Å². The van der Waals surface area contributed by atoms with Gasteiger partial charge in [0, 0.05) is 62.9 Å². The summed E-state index contributed by atoms with van der Waals surface area (Å²) in [4.78, 5) is 35.9. The van der Waals surface area contributed by atoms with Crippen LogP contribution in [-0.4, -0.2) is 87.7 Å². The lowest BCUT2D eigenvalue weighted by Crippen LogP contribution is -2.40. The van der Waals surface area contributed by atoms with Crippen molar-refractivity contribution in [3.63, 3.8) is 0 Å². The van der Waals surface area contributed by atoms with Crippen LogP contribution >= 0.6 is 0 Å². The number of nitrogen functional groups attached to an aromatic ring is 1. The second-order valence-electron chi connectivity index (χ2n) is 10.2. The topological polar surface area (TPSA) is 152 Å². The van der Waals surface area contributed by atoms with Gasteiger partial charge < -0.3 is 20.5 Å². The first kappa shape index (κ1) is 27.5. The number of ether oxygens (including phenoxy) is 2. The van der Waals surface area contributed by atoms with E-state index in [1.807, 2.05) is 0 Å². The maximum absolute atomic E-state index is 11.7. The summed E-state index contributed by atoms with van der Waals surface area (Å²) in [5.41, 5.74) is 10.3. The summed E-state index contributed by atoms with van der Waals surface area (Å²) in [6, 6.07) is 6.86. The number of likely N-dealkylation sites (tertiary alicyclic amines) is 1. The summed E-state index contributed by atoms with van der Waals surface area (Å²) in [7, 11) is 1.68. The molecule has 4 heterocycles. The van der Waals surface area contributed by atoms with E-state index in [0.717, 1.165) is 61.5 Å². The van der Waals surface area contributed by atoms with Crippen LogP contribution in [0.1, 0.15) is 43.0 Å². The van der Waals surface area contributed by atoms with Gasteiger partial charge in [-0.15, -0.1) is 0 Å². The average molecular weight is 549 g/mol. The zero-order chi connectivity index (χ0) is 28.1. The van der Waals surface area contributed by atoms with Crippen LogP contribution in [0.15, 0.2) is 30.4 Å². The van der Waals surface area contributed by atoms with Gasteiger partial charge in [0.1, 0.15) is 11.3 Å². The smallest absolute Gasteiger partial charge is 0.319 e. The predicted molar refractivity (Wildman–Crippen MR) is 150 cm³/mol. The van der Waals surface area contributed by atoms with Crippen molar-refractivity contribution in [3.8, 4) is 11.8 Å². The molecule has 5 rings (SSSR count). The molecule has 0 bridgehead atoms. The van der Waals surface area contributed by atoms with Gasteiger partial charge >= 0.3 is 6.01 Å². The molecule has 1 fully saturated rings. The average Bonchev–Trinajstić information content (AvgIpc) is 3.65. The number of hydrogen-bond donors (Lipinski definition) is 3. The lowest BCUT2D eigenvalue weighted by atomic mass is 10.0. The number of carbonyl (C=O) groups is 2. The van der Waals surface area contributed by atoms with Crippen LogP contribution in [0.2, 0.25) is 0 Å². The van der Waals surface area contributed by atoms with Gasteiger partial charge in [-0.2, -0.15) is 15.1 Å². The lowest BCUT2D eigenvalue weighted by Gasteiger charge is -2.19. The second kappa shape index (κ2) is 12.4. The number of carbonyl (C=O) groups excluding carboxylic acids is 2. The molecule has 2 amide bonds. The maximum atomic E-state index is 11.7. The fourth-order valence-electron chi connectivity index (χ4n) is 5.10. The Labute approximate surface area is 232 Å². The molecule has 1 atom stereocenters. The van der Waals surface area contributed by atoms with Crippen LogP contribution in [0.5, 0.6) is 11.8 Å². The van der Waals surface area contributed by atoms with Crippen LogP contribution < -0.4 is 20.5 Å². The predicted octanol–water partition coefficient (Wildman–Crippen LogP) is 1.80. The van der Waals surface area contributed by atoms with Gasteiger partial charge in [0.2, 0.25) is 0 Å². The molecule has 3 aromatic rings. The van der Waals surface area contributed by atoms with Crippen molar-refractivity contribution in [1.82, 2.24) is 35.3 Å². The van der Waals surface area contributed by atoms with E-state index in [1.165, 1.54) is 17.1 Å². The molecule has 4 N–H and O–H groups in total. The van der Waals surface area contributed by atoms with E-state index in [1.54, 1.807) is 7.11 Å². The highest BCUT2D eigenvalue weighted by molar-refractivity contribution is 6.12. The van der Waals surface area contributed by atoms with Crippen molar-refractivity contribution in [2.24, 2.45) is 0 Å². The number of H-pyrrole nitrogens is 1. The van der Waals surface area contributed by atoms with Gasteiger partial charge in [0.25, 0.3) is 11.8 Å². The number of nitrogens with one attached hydrogen (secondary N) is 2. The fourth-order valence-corrected chi connectivity index (χ4v) is 5.10. The molecule has 40 heavy (non-hydrogen) atoms. The number of amides is 2. The molecule has 2 aliphatic heterocycles. The first-order chi connectivity index (χ1) is 19.4. The molecule has 0 radical (unpaired) electrons. The van der Waals surface area contributed by atoms with E-state index in [9.17, 15) is 9.59 Å². The van der Waals surface area contributed by atoms with Crippen molar-refractivity contribution >= 4 is 28.7 Å². The Kier molecular flexibility index (Phi) is 8.56. The maximum Gasteiger partial charge on any atom is 0.319 e. The van der Waals surface area contributed by atoms with Crippen LogP contribution in [0.4, 0.5) is 5.82 Å². The SMILES string of the molecule is CCCCOc1nc(N)c2n[nH]c(Cc3ccc(CN4CC[C@H](NCCN5C(=O)C=CC5=O)C4)cc3OC)c2n1. The highest BCUT2D eigenvalue weighted by Crippen LogP contribution is 2.28. The molecule has 2 aliphatic rings. The fraction of sp³-hybridized carbons (Fsp3) is 0.464. The van der Waals surface area contributed by atoms with E-state index < -0.39 is 0 Å². The zero-order valence-corrected chi connectivity index (χ0v) is 23.0. The number of fused-ring (bicyclic) bond motifs is 1. The van der Waals surface area contributed by atoms with Gasteiger partial charge in [-0.05, 0) is 24.5 Å². The zero-order valence-electron chi connectivity index (χ0n) is 23.0.